The summed E-state index contributed by atoms with van der Waals surface area (Å²) in [4.78, 5) is 4.65. The van der Waals surface area contributed by atoms with Crippen molar-refractivity contribution in [2.75, 3.05) is 9.80 Å². The second-order valence-electron chi connectivity index (χ2n) is 15.5. The molecule has 0 aromatic heterocycles. The molecule has 0 saturated carbocycles. The highest BCUT2D eigenvalue weighted by Crippen LogP contribution is 2.40. The highest BCUT2D eigenvalue weighted by molar-refractivity contribution is 5.83. The third kappa shape index (κ3) is 8.21. The number of nitrogens with zero attached hydrogens (tertiary/aromatic N) is 2. The predicted octanol–water partition coefficient (Wildman–Crippen LogP) is 16.6. The van der Waals surface area contributed by atoms with Crippen LogP contribution in [0.1, 0.15) is 18.4 Å². The van der Waals surface area contributed by atoms with Gasteiger partial charge in [-0.15, -0.1) is 0 Å². The Morgan fingerprint density at radius 2 is 0.613 bits per heavy atom. The molecule has 9 aromatic carbocycles. The second-order valence-corrected chi connectivity index (χ2v) is 15.5. The van der Waals surface area contributed by atoms with Gasteiger partial charge in [0.2, 0.25) is 0 Å². The van der Waals surface area contributed by atoms with E-state index in [1.165, 1.54) is 22.3 Å². The molecule has 0 amide bonds. The van der Waals surface area contributed by atoms with Crippen molar-refractivity contribution in [3.05, 3.63) is 260 Å². The average molecular weight is 793 g/mol. The molecule has 10 rings (SSSR count). The van der Waals surface area contributed by atoms with Crippen LogP contribution < -0.4 is 9.80 Å². The van der Waals surface area contributed by atoms with E-state index >= 15 is 0 Å². The first-order chi connectivity index (χ1) is 30.7. The van der Waals surface area contributed by atoms with Gasteiger partial charge < -0.3 is 9.80 Å². The van der Waals surface area contributed by atoms with Gasteiger partial charge in [0.15, 0.2) is 0 Å². The molecule has 294 valence electrons. The van der Waals surface area contributed by atoms with Gasteiger partial charge in [0.25, 0.3) is 0 Å². The van der Waals surface area contributed by atoms with E-state index in [4.69, 9.17) is 0 Å². The molecule has 9 aromatic rings. The molecule has 0 atom stereocenters. The topological polar surface area (TPSA) is 6.48 Å². The lowest BCUT2D eigenvalue weighted by Crippen LogP contribution is -2.10. The van der Waals surface area contributed by atoms with E-state index in [2.05, 4.69) is 259 Å². The lowest BCUT2D eigenvalue weighted by atomic mass is 9.97. The number of rotatable bonds is 11. The molecular formula is C60H44N2. The largest absolute Gasteiger partial charge is 0.311 e. The van der Waals surface area contributed by atoms with E-state index < -0.39 is 0 Å². The molecule has 0 saturated heterocycles. The minimum Gasteiger partial charge on any atom is -0.311 e. The Balaban J connectivity index is 0.919. The molecule has 0 fully saturated rings. The molecule has 0 N–H and O–H groups in total. The third-order valence-electron chi connectivity index (χ3n) is 11.6. The van der Waals surface area contributed by atoms with Crippen LogP contribution in [0.2, 0.25) is 0 Å². The zero-order chi connectivity index (χ0) is 41.5. The Morgan fingerprint density at radius 1 is 0.290 bits per heavy atom. The number of hydrogen-bond acceptors (Lipinski definition) is 2. The van der Waals surface area contributed by atoms with Crippen LogP contribution in [-0.2, 0) is 0 Å². The van der Waals surface area contributed by atoms with Crippen LogP contribution in [0.3, 0.4) is 0 Å². The summed E-state index contributed by atoms with van der Waals surface area (Å²) < 4.78 is 0. The summed E-state index contributed by atoms with van der Waals surface area (Å²) in [5.74, 6) is 0. The third-order valence-corrected chi connectivity index (χ3v) is 11.6. The molecule has 0 heterocycles. The van der Waals surface area contributed by atoms with Gasteiger partial charge in [0.05, 0.1) is 0 Å². The van der Waals surface area contributed by atoms with Gasteiger partial charge in [-0.2, -0.15) is 0 Å². The second kappa shape index (κ2) is 17.6. The van der Waals surface area contributed by atoms with E-state index in [1.54, 1.807) is 0 Å². The fourth-order valence-corrected chi connectivity index (χ4v) is 8.31. The van der Waals surface area contributed by atoms with Gasteiger partial charge in [-0.1, -0.05) is 170 Å². The van der Waals surface area contributed by atoms with Crippen molar-refractivity contribution >= 4 is 39.7 Å². The normalized spacial score (nSPS) is 12.0. The number of para-hydroxylation sites is 1. The van der Waals surface area contributed by atoms with E-state index in [0.29, 0.717) is 0 Å². The van der Waals surface area contributed by atoms with Crippen LogP contribution >= 0.6 is 0 Å². The molecule has 0 radical (unpaired) electrons. The van der Waals surface area contributed by atoms with Crippen LogP contribution in [0.25, 0.3) is 50.1 Å². The van der Waals surface area contributed by atoms with Crippen molar-refractivity contribution in [2.24, 2.45) is 0 Å². The molecule has 0 unspecified atom stereocenters. The van der Waals surface area contributed by atoms with Crippen molar-refractivity contribution in [3.63, 3.8) is 0 Å². The summed E-state index contributed by atoms with van der Waals surface area (Å²) in [6, 6.07) is 86.9. The molecule has 0 spiro atoms. The Labute approximate surface area is 365 Å². The van der Waals surface area contributed by atoms with Gasteiger partial charge in [0, 0.05) is 45.3 Å². The fourth-order valence-electron chi connectivity index (χ4n) is 8.31. The van der Waals surface area contributed by atoms with E-state index in [9.17, 15) is 0 Å². The standard InChI is InChI=1S/C60H44N2/c1-5-13-45(14-6-1)48-21-23-49(24-22-48)52-29-39-56(40-30-52)61(55-19-11-4-12-20-55)57-41-31-53(32-42-57)54-33-43-60(44-34-54)62(58-35-25-50(26-36-58)46-15-7-2-8-16-46)59-37-27-51(28-38-59)47-17-9-3-10-18-47/h1-9,11-17,19-21,23,25-44H,10,18H2. The maximum atomic E-state index is 3.39. The van der Waals surface area contributed by atoms with Crippen LogP contribution in [0.15, 0.2) is 243 Å². The van der Waals surface area contributed by atoms with E-state index in [1.807, 2.05) is 6.07 Å². The SMILES string of the molecule is c1c(-c2ccccc2)ccc(-c2ccc(N(c3ccccc3)c3ccc(-c4ccc(N(c5ccc(C6=CC=CCC6)cc5)c5ccc(-c6ccccc6)cc5)cc4)cc3)cc2)c#1. The van der Waals surface area contributed by atoms with Crippen LogP contribution in [0.4, 0.5) is 34.1 Å². The minimum atomic E-state index is 1.02. The summed E-state index contributed by atoms with van der Waals surface area (Å²) in [6.45, 7) is 0. The van der Waals surface area contributed by atoms with Crippen LogP contribution in [0.5, 0.6) is 0 Å². The van der Waals surface area contributed by atoms with Gasteiger partial charge in [0.1, 0.15) is 0 Å². The maximum Gasteiger partial charge on any atom is 0.0462 e. The first-order valence-corrected chi connectivity index (χ1v) is 21.3. The molecule has 2 heteroatoms. The predicted molar refractivity (Wildman–Crippen MR) is 262 cm³/mol. The molecule has 0 aliphatic heterocycles. The molecular weight excluding hydrogens is 749 g/mol. The summed E-state index contributed by atoms with van der Waals surface area (Å²) >= 11 is 0. The smallest absolute Gasteiger partial charge is 0.0462 e. The van der Waals surface area contributed by atoms with Gasteiger partial charge in [-0.3, -0.25) is 0 Å². The molecule has 1 aliphatic carbocycles. The molecule has 0 bridgehead atoms. The zero-order valence-electron chi connectivity index (χ0n) is 34.4. The summed E-state index contributed by atoms with van der Waals surface area (Å²) in [5.41, 5.74) is 18.3. The van der Waals surface area contributed by atoms with Crippen molar-refractivity contribution in [1.82, 2.24) is 0 Å². The lowest BCUT2D eigenvalue weighted by molar-refractivity contribution is 1.05. The summed E-state index contributed by atoms with van der Waals surface area (Å²) in [5, 5.41) is 0. The lowest BCUT2D eigenvalue weighted by Gasteiger charge is -2.26. The summed E-state index contributed by atoms with van der Waals surface area (Å²) in [6.07, 6.45) is 8.81. The van der Waals surface area contributed by atoms with Crippen molar-refractivity contribution < 1.29 is 0 Å². The average Bonchev–Trinajstić information content (AvgIpc) is 3.36. The Hall–Kier alpha value is -8.12. The summed E-state index contributed by atoms with van der Waals surface area (Å²) in [7, 11) is 0. The number of allylic oxidation sites excluding steroid dienone is 4. The molecule has 1 aliphatic rings. The Kier molecular flexibility index (Phi) is 10.8. The van der Waals surface area contributed by atoms with Gasteiger partial charge >= 0.3 is 0 Å². The quantitative estimate of drug-likeness (QED) is 0.129. The van der Waals surface area contributed by atoms with Gasteiger partial charge in [-0.05, 0) is 142 Å². The molecule has 62 heavy (non-hydrogen) atoms. The van der Waals surface area contributed by atoms with Crippen LogP contribution in [0, 0.1) is 12.1 Å². The molecule has 2 nitrogen and oxygen atoms in total. The van der Waals surface area contributed by atoms with Crippen molar-refractivity contribution in [2.45, 2.75) is 12.8 Å². The number of benzene rings is 8. The number of hydrogen-bond donors (Lipinski definition) is 0. The zero-order valence-corrected chi connectivity index (χ0v) is 34.4. The van der Waals surface area contributed by atoms with Crippen molar-refractivity contribution in [1.29, 1.82) is 0 Å². The van der Waals surface area contributed by atoms with Crippen LogP contribution in [-0.4, -0.2) is 0 Å². The van der Waals surface area contributed by atoms with Crippen molar-refractivity contribution in [3.8, 4) is 44.5 Å². The maximum absolute atomic E-state index is 3.39. The number of anilines is 6. The van der Waals surface area contributed by atoms with Gasteiger partial charge in [-0.25, -0.2) is 0 Å². The monoisotopic (exact) mass is 792 g/mol. The van der Waals surface area contributed by atoms with E-state index in [-0.39, 0.29) is 0 Å². The van der Waals surface area contributed by atoms with E-state index in [0.717, 1.165) is 80.3 Å². The Morgan fingerprint density at radius 3 is 1.00 bits per heavy atom. The minimum absolute atomic E-state index is 1.02. The highest BCUT2D eigenvalue weighted by atomic mass is 15.1. The fraction of sp³-hybridized carbons (Fsp3) is 0.0333. The first kappa shape index (κ1) is 38.1. The first-order valence-electron chi connectivity index (χ1n) is 21.3. The highest BCUT2D eigenvalue weighted by Gasteiger charge is 2.16. The Bertz CT molecular complexity index is 2920.